The zero-order chi connectivity index (χ0) is 16.7. The summed E-state index contributed by atoms with van der Waals surface area (Å²) in [5.41, 5.74) is 5.07. The molecule has 24 heavy (non-hydrogen) atoms. The van der Waals surface area contributed by atoms with Crippen LogP contribution in [0.4, 0.5) is 5.69 Å². The van der Waals surface area contributed by atoms with Crippen LogP contribution in [-0.2, 0) is 0 Å². The summed E-state index contributed by atoms with van der Waals surface area (Å²) in [6, 6.07) is 20.4. The van der Waals surface area contributed by atoms with Gasteiger partial charge in [0.25, 0.3) is 0 Å². The average molecular weight is 331 g/mol. The largest absolute Gasteiger partial charge is 0.345 e. The average Bonchev–Trinajstić information content (AvgIpc) is 2.91. The molecular formula is C20H17N3S. The molecule has 4 rings (SSSR count). The fraction of sp³-hybridized carbons (Fsp3) is 0.100. The molecule has 0 saturated carbocycles. The van der Waals surface area contributed by atoms with Gasteiger partial charge >= 0.3 is 0 Å². The van der Waals surface area contributed by atoms with Gasteiger partial charge in [0.05, 0.1) is 5.69 Å². The summed E-state index contributed by atoms with van der Waals surface area (Å²) < 4.78 is 2.15. The van der Waals surface area contributed by atoms with E-state index < -0.39 is 0 Å². The molecule has 4 heteroatoms. The number of hydrogen-bond acceptors (Lipinski definition) is 2. The molecular weight excluding hydrogens is 314 g/mol. The number of para-hydroxylation sites is 1. The van der Waals surface area contributed by atoms with Crippen molar-refractivity contribution in [3.8, 4) is 0 Å². The Balaban J connectivity index is 1.97. The van der Waals surface area contributed by atoms with Crippen LogP contribution in [0.25, 0.3) is 16.4 Å². The van der Waals surface area contributed by atoms with E-state index in [0.717, 1.165) is 39.2 Å². The minimum atomic E-state index is 0.700. The van der Waals surface area contributed by atoms with E-state index in [0.29, 0.717) is 4.99 Å². The normalized spacial score (nSPS) is 11.1. The zero-order valence-corrected chi connectivity index (χ0v) is 14.4. The lowest BCUT2D eigenvalue weighted by Gasteiger charge is -2.11. The second-order valence-corrected chi connectivity index (χ2v) is 6.32. The maximum Gasteiger partial charge on any atom is 0.145 e. The topological polar surface area (TPSA) is 29.3 Å². The SMILES string of the molecule is Cc1cc(C)n2c(C(=S)Nc3ccccc3)c3ccccc3c2n1. The Bertz CT molecular complexity index is 1060. The molecule has 0 saturated heterocycles. The summed E-state index contributed by atoms with van der Waals surface area (Å²) in [7, 11) is 0. The minimum Gasteiger partial charge on any atom is -0.345 e. The zero-order valence-electron chi connectivity index (χ0n) is 13.6. The Kier molecular flexibility index (Phi) is 3.54. The van der Waals surface area contributed by atoms with Crippen molar-refractivity contribution in [3.63, 3.8) is 0 Å². The van der Waals surface area contributed by atoms with Crippen LogP contribution in [0.2, 0.25) is 0 Å². The van der Waals surface area contributed by atoms with Crippen molar-refractivity contribution in [1.29, 1.82) is 0 Å². The molecule has 0 spiro atoms. The van der Waals surface area contributed by atoms with Crippen molar-refractivity contribution in [2.45, 2.75) is 13.8 Å². The van der Waals surface area contributed by atoms with E-state index in [-0.39, 0.29) is 0 Å². The molecule has 0 bridgehead atoms. The number of nitrogens with zero attached hydrogens (tertiary/aromatic N) is 2. The first-order valence-corrected chi connectivity index (χ1v) is 8.30. The van der Waals surface area contributed by atoms with Gasteiger partial charge in [-0.05, 0) is 32.0 Å². The predicted octanol–water partition coefficient (Wildman–Crippen LogP) is 4.89. The molecule has 3 nitrogen and oxygen atoms in total. The molecule has 0 unspecified atom stereocenters. The van der Waals surface area contributed by atoms with Gasteiger partial charge in [-0.15, -0.1) is 0 Å². The Morgan fingerprint density at radius 3 is 2.38 bits per heavy atom. The molecule has 0 aliphatic rings. The lowest BCUT2D eigenvalue weighted by atomic mass is 10.2. The van der Waals surface area contributed by atoms with Gasteiger partial charge in [0, 0.05) is 27.8 Å². The molecule has 0 atom stereocenters. The first-order chi connectivity index (χ1) is 11.6. The van der Waals surface area contributed by atoms with Crippen LogP contribution < -0.4 is 5.32 Å². The highest BCUT2D eigenvalue weighted by Gasteiger charge is 2.17. The molecule has 2 aromatic carbocycles. The molecule has 2 heterocycles. The first kappa shape index (κ1) is 14.8. The maximum absolute atomic E-state index is 5.74. The molecule has 0 aliphatic heterocycles. The Labute approximate surface area is 146 Å². The van der Waals surface area contributed by atoms with Crippen molar-refractivity contribution in [3.05, 3.63) is 77.7 Å². The first-order valence-electron chi connectivity index (χ1n) is 7.89. The fourth-order valence-electron chi connectivity index (χ4n) is 3.19. The molecule has 2 aromatic heterocycles. The molecule has 0 aliphatic carbocycles. The van der Waals surface area contributed by atoms with E-state index in [9.17, 15) is 0 Å². The van der Waals surface area contributed by atoms with Crippen molar-refractivity contribution < 1.29 is 0 Å². The highest BCUT2D eigenvalue weighted by molar-refractivity contribution is 7.81. The summed E-state index contributed by atoms with van der Waals surface area (Å²) in [6.45, 7) is 4.12. The van der Waals surface area contributed by atoms with Crippen molar-refractivity contribution in [2.24, 2.45) is 0 Å². The predicted molar refractivity (Wildman–Crippen MR) is 104 cm³/mol. The molecule has 1 N–H and O–H groups in total. The number of aromatic nitrogens is 2. The number of nitrogens with one attached hydrogen (secondary N) is 1. The van der Waals surface area contributed by atoms with E-state index in [1.807, 2.05) is 49.4 Å². The summed E-state index contributed by atoms with van der Waals surface area (Å²) >= 11 is 5.74. The number of rotatable bonds is 2. The van der Waals surface area contributed by atoms with Gasteiger partial charge in [-0.1, -0.05) is 54.7 Å². The quantitative estimate of drug-likeness (QED) is 0.530. The van der Waals surface area contributed by atoms with Gasteiger partial charge in [0.2, 0.25) is 0 Å². The van der Waals surface area contributed by atoms with E-state index in [4.69, 9.17) is 17.2 Å². The monoisotopic (exact) mass is 331 g/mol. The van der Waals surface area contributed by atoms with Crippen LogP contribution in [0.5, 0.6) is 0 Å². The Morgan fingerprint density at radius 2 is 1.62 bits per heavy atom. The molecule has 4 aromatic rings. The van der Waals surface area contributed by atoms with Gasteiger partial charge in [-0.25, -0.2) is 4.98 Å². The number of hydrogen-bond donors (Lipinski definition) is 1. The third-order valence-corrected chi connectivity index (χ3v) is 4.45. The van der Waals surface area contributed by atoms with Gasteiger partial charge < -0.3 is 5.32 Å². The second-order valence-electron chi connectivity index (χ2n) is 5.91. The van der Waals surface area contributed by atoms with E-state index in [1.54, 1.807) is 0 Å². The summed E-state index contributed by atoms with van der Waals surface area (Å²) in [5.74, 6) is 0. The van der Waals surface area contributed by atoms with Crippen LogP contribution in [0.3, 0.4) is 0 Å². The van der Waals surface area contributed by atoms with Gasteiger partial charge in [0.1, 0.15) is 10.6 Å². The number of fused-ring (bicyclic) bond motifs is 3. The molecule has 0 fully saturated rings. The molecule has 0 radical (unpaired) electrons. The smallest absolute Gasteiger partial charge is 0.145 e. The highest BCUT2D eigenvalue weighted by atomic mass is 32.1. The summed E-state index contributed by atoms with van der Waals surface area (Å²) in [4.78, 5) is 5.45. The van der Waals surface area contributed by atoms with Crippen LogP contribution in [-0.4, -0.2) is 14.4 Å². The summed E-state index contributed by atoms with van der Waals surface area (Å²) in [5, 5.41) is 5.59. The van der Waals surface area contributed by atoms with E-state index in [1.165, 1.54) is 0 Å². The Hall–Kier alpha value is -2.72. The third-order valence-electron chi connectivity index (χ3n) is 4.16. The summed E-state index contributed by atoms with van der Waals surface area (Å²) in [6.07, 6.45) is 0. The number of benzene rings is 2. The van der Waals surface area contributed by atoms with Gasteiger partial charge in [-0.2, -0.15) is 0 Å². The number of thiocarbonyl (C=S) groups is 1. The fourth-order valence-corrected chi connectivity index (χ4v) is 3.51. The van der Waals surface area contributed by atoms with E-state index >= 15 is 0 Å². The van der Waals surface area contributed by atoms with E-state index in [2.05, 4.69) is 34.8 Å². The second kappa shape index (κ2) is 5.73. The lowest BCUT2D eigenvalue weighted by molar-refractivity contribution is 1.02. The highest BCUT2D eigenvalue weighted by Crippen LogP contribution is 2.28. The van der Waals surface area contributed by atoms with Gasteiger partial charge in [-0.3, -0.25) is 4.40 Å². The van der Waals surface area contributed by atoms with Crippen molar-refractivity contribution in [1.82, 2.24) is 9.38 Å². The molecule has 118 valence electrons. The van der Waals surface area contributed by atoms with Crippen LogP contribution in [0.1, 0.15) is 17.1 Å². The standard InChI is InChI=1S/C20H17N3S/c1-13-12-14(2)23-18(20(24)22-15-8-4-3-5-9-15)16-10-6-7-11-17(16)19(23)21-13/h3-12H,1-2H3,(H,22,24). The third kappa shape index (κ3) is 2.36. The van der Waals surface area contributed by atoms with Crippen molar-refractivity contribution in [2.75, 3.05) is 5.32 Å². The minimum absolute atomic E-state index is 0.700. The number of anilines is 1. The van der Waals surface area contributed by atoms with Crippen LogP contribution in [0.15, 0.2) is 60.7 Å². The Morgan fingerprint density at radius 1 is 0.958 bits per heavy atom. The van der Waals surface area contributed by atoms with Gasteiger partial charge in [0.15, 0.2) is 0 Å². The molecule has 0 amide bonds. The number of aryl methyl sites for hydroxylation is 2. The van der Waals surface area contributed by atoms with Crippen LogP contribution in [0, 0.1) is 13.8 Å². The van der Waals surface area contributed by atoms with Crippen molar-refractivity contribution >= 4 is 39.3 Å². The maximum atomic E-state index is 5.74. The lowest BCUT2D eigenvalue weighted by Crippen LogP contribution is -2.14. The van der Waals surface area contributed by atoms with Crippen LogP contribution >= 0.6 is 12.2 Å².